The van der Waals surface area contributed by atoms with Gasteiger partial charge in [-0.25, -0.2) is 4.98 Å². The lowest BCUT2D eigenvalue weighted by molar-refractivity contribution is 0.146. The van der Waals surface area contributed by atoms with E-state index in [9.17, 15) is 0 Å². The number of ether oxygens (including phenoxy) is 1. The second kappa shape index (κ2) is 11.9. The second-order valence-electron chi connectivity index (χ2n) is 6.61. The van der Waals surface area contributed by atoms with Crippen LogP contribution in [-0.2, 0) is 6.54 Å². The number of aliphatic imine (C=N–C) groups is 1. The number of pyridine rings is 1. The van der Waals surface area contributed by atoms with E-state index in [2.05, 4.69) is 31.6 Å². The number of methoxy groups -OCH3 is 1. The molecule has 154 valence electrons. The number of hydrogen-bond acceptors (Lipinski definition) is 5. The highest BCUT2D eigenvalue weighted by atomic mass is 127. The van der Waals surface area contributed by atoms with Crippen molar-refractivity contribution in [3.63, 3.8) is 0 Å². The van der Waals surface area contributed by atoms with Gasteiger partial charge in [-0.3, -0.25) is 9.89 Å². The summed E-state index contributed by atoms with van der Waals surface area (Å²) in [6.07, 6.45) is 5.54. The van der Waals surface area contributed by atoms with Gasteiger partial charge in [0.25, 0.3) is 0 Å². The number of guanidine groups is 1. The smallest absolute Gasteiger partial charge is 0.213 e. The van der Waals surface area contributed by atoms with E-state index in [1.807, 2.05) is 24.3 Å². The van der Waals surface area contributed by atoms with Crippen molar-refractivity contribution in [2.75, 3.05) is 33.8 Å². The quantitative estimate of drug-likeness (QED) is 0.347. The Morgan fingerprint density at radius 1 is 1.21 bits per heavy atom. The largest absolute Gasteiger partial charge is 0.481 e. The molecule has 1 aliphatic rings. The Bertz CT molecular complexity index is 717. The van der Waals surface area contributed by atoms with Crippen molar-refractivity contribution in [2.24, 2.45) is 4.99 Å². The van der Waals surface area contributed by atoms with E-state index in [0.717, 1.165) is 37.0 Å². The van der Waals surface area contributed by atoms with Gasteiger partial charge in [0, 0.05) is 19.7 Å². The molecule has 0 aromatic carbocycles. The third kappa shape index (κ3) is 6.37. The molecule has 2 aromatic rings. The fourth-order valence-corrected chi connectivity index (χ4v) is 3.38. The number of halogens is 1. The molecule has 0 bridgehead atoms. The molecule has 0 amide bonds. The molecule has 0 saturated carbocycles. The zero-order valence-electron chi connectivity index (χ0n) is 16.6. The number of piperidine rings is 1. The summed E-state index contributed by atoms with van der Waals surface area (Å²) in [5.41, 5.74) is 0.899. The lowest BCUT2D eigenvalue weighted by atomic mass is 10.1. The summed E-state index contributed by atoms with van der Waals surface area (Å²) in [6.45, 7) is 3.52. The molecule has 2 aromatic heterocycles. The van der Waals surface area contributed by atoms with Crippen LogP contribution < -0.4 is 15.4 Å². The molecule has 1 unspecified atom stereocenters. The van der Waals surface area contributed by atoms with E-state index >= 15 is 0 Å². The van der Waals surface area contributed by atoms with Crippen LogP contribution in [0.5, 0.6) is 5.88 Å². The molecule has 8 heteroatoms. The molecule has 3 heterocycles. The van der Waals surface area contributed by atoms with Gasteiger partial charge < -0.3 is 19.8 Å². The van der Waals surface area contributed by atoms with E-state index in [4.69, 9.17) is 9.15 Å². The number of hydrogen-bond donors (Lipinski definition) is 2. The van der Waals surface area contributed by atoms with Crippen molar-refractivity contribution in [3.05, 3.63) is 48.0 Å². The highest BCUT2D eigenvalue weighted by Gasteiger charge is 2.24. The zero-order chi connectivity index (χ0) is 18.9. The van der Waals surface area contributed by atoms with E-state index < -0.39 is 0 Å². The predicted molar refractivity (Wildman–Crippen MR) is 121 cm³/mol. The van der Waals surface area contributed by atoms with Crippen molar-refractivity contribution < 1.29 is 9.15 Å². The van der Waals surface area contributed by atoms with Crippen LogP contribution in [0.15, 0.2) is 46.0 Å². The minimum absolute atomic E-state index is 0. The molecule has 28 heavy (non-hydrogen) atoms. The molecule has 1 atom stereocenters. The fourth-order valence-electron chi connectivity index (χ4n) is 3.38. The van der Waals surface area contributed by atoms with Crippen LogP contribution in [0.3, 0.4) is 0 Å². The monoisotopic (exact) mass is 499 g/mol. The van der Waals surface area contributed by atoms with Crippen molar-refractivity contribution in [3.8, 4) is 5.88 Å². The molecular formula is C20H30IN5O2. The van der Waals surface area contributed by atoms with Crippen LogP contribution >= 0.6 is 24.0 Å². The van der Waals surface area contributed by atoms with Crippen LogP contribution in [-0.4, -0.2) is 49.6 Å². The van der Waals surface area contributed by atoms with E-state index in [0.29, 0.717) is 12.4 Å². The molecule has 0 radical (unpaired) electrons. The maximum Gasteiger partial charge on any atom is 0.213 e. The first-order valence-corrected chi connectivity index (χ1v) is 9.52. The van der Waals surface area contributed by atoms with Crippen LogP contribution in [0.2, 0.25) is 0 Å². The van der Waals surface area contributed by atoms with Crippen molar-refractivity contribution in [2.45, 2.75) is 31.8 Å². The van der Waals surface area contributed by atoms with Gasteiger partial charge >= 0.3 is 0 Å². The first kappa shape index (κ1) is 22.5. The third-order valence-corrected chi connectivity index (χ3v) is 4.82. The van der Waals surface area contributed by atoms with Gasteiger partial charge in [0.2, 0.25) is 5.88 Å². The van der Waals surface area contributed by atoms with Crippen molar-refractivity contribution in [1.29, 1.82) is 0 Å². The fraction of sp³-hybridized carbons (Fsp3) is 0.500. The molecule has 0 spiro atoms. The summed E-state index contributed by atoms with van der Waals surface area (Å²) in [6, 6.07) is 9.94. The average molecular weight is 499 g/mol. The van der Waals surface area contributed by atoms with Gasteiger partial charge in [0.1, 0.15) is 5.76 Å². The first-order chi connectivity index (χ1) is 13.3. The van der Waals surface area contributed by atoms with Gasteiger partial charge in [-0.2, -0.15) is 0 Å². The molecule has 1 aliphatic heterocycles. The Morgan fingerprint density at radius 3 is 2.71 bits per heavy atom. The number of nitrogens with one attached hydrogen (secondary N) is 2. The Morgan fingerprint density at radius 2 is 2.04 bits per heavy atom. The van der Waals surface area contributed by atoms with Crippen LogP contribution in [0.4, 0.5) is 0 Å². The molecule has 1 saturated heterocycles. The SMILES string of the molecule is CN=C(NCc1cccc(OC)n1)NCC(c1ccco1)N1CCCCC1.I. The Balaban J connectivity index is 0.00000280. The van der Waals surface area contributed by atoms with E-state index in [1.165, 1.54) is 19.3 Å². The number of nitrogens with zero attached hydrogens (tertiary/aromatic N) is 3. The topological polar surface area (TPSA) is 74.9 Å². The lowest BCUT2D eigenvalue weighted by Crippen LogP contribution is -2.44. The Labute approximate surface area is 184 Å². The lowest BCUT2D eigenvalue weighted by Gasteiger charge is -2.33. The summed E-state index contributed by atoms with van der Waals surface area (Å²) in [5.74, 6) is 2.35. The summed E-state index contributed by atoms with van der Waals surface area (Å²) < 4.78 is 10.9. The van der Waals surface area contributed by atoms with Gasteiger partial charge in [-0.05, 0) is 44.1 Å². The van der Waals surface area contributed by atoms with Gasteiger partial charge in [0.05, 0.1) is 31.7 Å². The number of rotatable bonds is 7. The normalized spacial score (nSPS) is 16.1. The maximum absolute atomic E-state index is 5.70. The number of furan rings is 1. The van der Waals surface area contributed by atoms with Crippen LogP contribution in [0, 0.1) is 0 Å². The van der Waals surface area contributed by atoms with Crippen LogP contribution in [0.25, 0.3) is 0 Å². The summed E-state index contributed by atoms with van der Waals surface area (Å²) in [5, 5.41) is 6.74. The highest BCUT2D eigenvalue weighted by molar-refractivity contribution is 14.0. The molecular weight excluding hydrogens is 469 g/mol. The molecule has 3 rings (SSSR count). The molecule has 1 fully saturated rings. The maximum atomic E-state index is 5.70. The number of aromatic nitrogens is 1. The minimum atomic E-state index is 0. The summed E-state index contributed by atoms with van der Waals surface area (Å²) >= 11 is 0. The van der Waals surface area contributed by atoms with Crippen molar-refractivity contribution >= 4 is 29.9 Å². The average Bonchev–Trinajstić information content (AvgIpc) is 3.26. The molecule has 2 N–H and O–H groups in total. The highest BCUT2D eigenvalue weighted by Crippen LogP contribution is 2.24. The molecule has 7 nitrogen and oxygen atoms in total. The standard InChI is InChI=1S/C20H29N5O2.HI/c1-21-20(22-14-16-8-6-10-19(24-16)26-2)23-15-17(18-9-7-13-27-18)25-11-4-3-5-12-25;/h6-10,13,17H,3-5,11-12,14-15H2,1-2H3,(H2,21,22,23);1H. The van der Waals surface area contributed by atoms with Gasteiger partial charge in [-0.15, -0.1) is 24.0 Å². The minimum Gasteiger partial charge on any atom is -0.481 e. The number of likely N-dealkylation sites (tertiary alicyclic amines) is 1. The Kier molecular flexibility index (Phi) is 9.56. The summed E-state index contributed by atoms with van der Waals surface area (Å²) in [7, 11) is 3.40. The second-order valence-corrected chi connectivity index (χ2v) is 6.61. The van der Waals surface area contributed by atoms with Crippen LogP contribution in [0.1, 0.15) is 36.8 Å². The first-order valence-electron chi connectivity index (χ1n) is 9.52. The van der Waals surface area contributed by atoms with Gasteiger partial charge in [-0.1, -0.05) is 12.5 Å². The molecule has 0 aliphatic carbocycles. The zero-order valence-corrected chi connectivity index (χ0v) is 18.9. The van der Waals surface area contributed by atoms with E-state index in [1.54, 1.807) is 20.4 Å². The third-order valence-electron chi connectivity index (χ3n) is 4.82. The predicted octanol–water partition coefficient (Wildman–Crippen LogP) is 3.19. The van der Waals surface area contributed by atoms with Crippen molar-refractivity contribution in [1.82, 2.24) is 20.5 Å². The van der Waals surface area contributed by atoms with Gasteiger partial charge in [0.15, 0.2) is 5.96 Å². The van der Waals surface area contributed by atoms with E-state index in [-0.39, 0.29) is 30.0 Å². The Hall–Kier alpha value is -1.81. The summed E-state index contributed by atoms with van der Waals surface area (Å²) in [4.78, 5) is 11.2.